The van der Waals surface area contributed by atoms with Gasteiger partial charge in [0, 0.05) is 31.1 Å². The molecule has 4 rings (SSSR count). The molecule has 3 N–H and O–H groups in total. The first-order chi connectivity index (χ1) is 14.7. The van der Waals surface area contributed by atoms with Crippen molar-refractivity contribution in [1.82, 2.24) is 19.5 Å². The number of aromatic nitrogens is 4. The molecule has 3 aromatic heterocycles. The van der Waals surface area contributed by atoms with E-state index in [2.05, 4.69) is 19.7 Å². The third kappa shape index (κ3) is 3.80. The molecule has 0 atom stereocenters. The molecule has 31 heavy (non-hydrogen) atoms. The number of nitrogens with two attached hydrogens (primary N) is 1. The van der Waals surface area contributed by atoms with E-state index in [4.69, 9.17) is 5.73 Å². The lowest BCUT2D eigenvalue weighted by Crippen LogP contribution is -2.14. The second-order valence-corrected chi connectivity index (χ2v) is 8.30. The monoisotopic (exact) mass is 444 g/mol. The molecule has 0 fully saturated rings. The molecule has 0 saturated heterocycles. The third-order valence-electron chi connectivity index (χ3n) is 4.43. The van der Waals surface area contributed by atoms with Gasteiger partial charge in [-0.05, 0) is 18.2 Å². The van der Waals surface area contributed by atoms with Crippen LogP contribution >= 0.6 is 0 Å². The van der Waals surface area contributed by atoms with Crippen molar-refractivity contribution in [1.29, 1.82) is 0 Å². The van der Waals surface area contributed by atoms with E-state index in [1.54, 1.807) is 11.6 Å². The van der Waals surface area contributed by atoms with E-state index in [0.29, 0.717) is 29.2 Å². The largest absolute Gasteiger partial charge is 0.383 e. The van der Waals surface area contributed by atoms with E-state index < -0.39 is 32.3 Å². The lowest BCUT2D eigenvalue weighted by atomic mass is 10.1. The first-order valence-electron chi connectivity index (χ1n) is 8.70. The lowest BCUT2D eigenvalue weighted by molar-refractivity contribution is 0.103. The lowest BCUT2D eigenvalue weighted by Gasteiger charge is -2.09. The number of carbonyl (C=O) groups is 1. The van der Waals surface area contributed by atoms with Crippen LogP contribution in [-0.4, -0.2) is 33.7 Å². The fourth-order valence-corrected chi connectivity index (χ4v) is 4.16. The molecule has 0 aliphatic carbocycles. The van der Waals surface area contributed by atoms with E-state index >= 15 is 0 Å². The summed E-state index contributed by atoms with van der Waals surface area (Å²) < 4.78 is 55.6. The first-order valence-corrected chi connectivity index (χ1v) is 10.2. The highest BCUT2D eigenvalue weighted by Gasteiger charge is 2.21. The zero-order valence-corrected chi connectivity index (χ0v) is 16.7. The number of pyridine rings is 1. The Morgan fingerprint density at radius 2 is 1.81 bits per heavy atom. The molecule has 0 aliphatic rings. The molecule has 0 bridgehead atoms. The highest BCUT2D eigenvalue weighted by atomic mass is 32.2. The number of nitrogens with one attached hydrogen (secondary N) is 1. The molecule has 158 valence electrons. The standard InChI is InChI=1S/C19H14F2N6O3S/c1-27-8-15(16-18(22)24-9-25-19(16)27)17(28)10-2-13(7-23-6-10)26-31(29,30)14-4-11(20)3-12(21)5-14/h2-9,26H,1H3,(H2,22,24,25). The number of carbonyl (C=O) groups excluding carboxylic acids is 1. The minimum absolute atomic E-state index is 0.0568. The zero-order valence-electron chi connectivity index (χ0n) is 15.9. The maximum Gasteiger partial charge on any atom is 0.262 e. The third-order valence-corrected chi connectivity index (χ3v) is 5.79. The zero-order chi connectivity index (χ0) is 22.3. The Balaban J connectivity index is 1.70. The van der Waals surface area contributed by atoms with Crippen LogP contribution in [0.5, 0.6) is 0 Å². The van der Waals surface area contributed by atoms with Crippen LogP contribution in [0, 0.1) is 11.6 Å². The van der Waals surface area contributed by atoms with Gasteiger partial charge < -0.3 is 10.3 Å². The Hall–Kier alpha value is -3.93. The van der Waals surface area contributed by atoms with Gasteiger partial charge in [0.25, 0.3) is 10.0 Å². The van der Waals surface area contributed by atoms with E-state index in [0.717, 1.165) is 6.20 Å². The minimum atomic E-state index is -4.33. The Kier molecular flexibility index (Phi) is 4.85. The molecule has 3 heterocycles. The number of hydrogen-bond donors (Lipinski definition) is 2. The predicted molar refractivity (Wildman–Crippen MR) is 108 cm³/mol. The van der Waals surface area contributed by atoms with Crippen LogP contribution in [0.15, 0.2) is 54.1 Å². The van der Waals surface area contributed by atoms with Crippen molar-refractivity contribution in [3.8, 4) is 0 Å². The Morgan fingerprint density at radius 3 is 2.52 bits per heavy atom. The predicted octanol–water partition coefficient (Wildman–Crippen LogP) is 2.26. The summed E-state index contributed by atoms with van der Waals surface area (Å²) >= 11 is 0. The van der Waals surface area contributed by atoms with Gasteiger partial charge in [0.15, 0.2) is 5.78 Å². The summed E-state index contributed by atoms with van der Waals surface area (Å²) in [5, 5.41) is 0.358. The molecule has 12 heteroatoms. The van der Waals surface area contributed by atoms with Crippen molar-refractivity contribution in [2.75, 3.05) is 10.5 Å². The van der Waals surface area contributed by atoms with Crippen molar-refractivity contribution < 1.29 is 22.0 Å². The average Bonchev–Trinajstić information content (AvgIpc) is 3.04. The highest BCUT2D eigenvalue weighted by Crippen LogP contribution is 2.26. The van der Waals surface area contributed by atoms with Gasteiger partial charge in [-0.1, -0.05) is 0 Å². The molecule has 0 unspecified atom stereocenters. The van der Waals surface area contributed by atoms with E-state index in [1.807, 2.05) is 0 Å². The van der Waals surface area contributed by atoms with Crippen LogP contribution in [0.3, 0.4) is 0 Å². The van der Waals surface area contributed by atoms with Crippen molar-refractivity contribution in [2.24, 2.45) is 7.05 Å². The number of benzene rings is 1. The maximum atomic E-state index is 13.4. The quantitative estimate of drug-likeness (QED) is 0.451. The molecule has 9 nitrogen and oxygen atoms in total. The molecule has 0 saturated carbocycles. The average molecular weight is 444 g/mol. The summed E-state index contributed by atoms with van der Waals surface area (Å²) in [6.07, 6.45) is 5.22. The molecule has 0 amide bonds. The van der Waals surface area contributed by atoms with Crippen LogP contribution in [0.25, 0.3) is 11.0 Å². The van der Waals surface area contributed by atoms with E-state index in [-0.39, 0.29) is 22.6 Å². The van der Waals surface area contributed by atoms with Gasteiger partial charge in [-0.3, -0.25) is 14.5 Å². The van der Waals surface area contributed by atoms with Crippen molar-refractivity contribution in [3.05, 3.63) is 71.9 Å². The summed E-state index contributed by atoms with van der Waals surface area (Å²) in [4.78, 5) is 24.3. The van der Waals surface area contributed by atoms with Gasteiger partial charge in [0.05, 0.1) is 27.7 Å². The van der Waals surface area contributed by atoms with Crippen LogP contribution in [0.1, 0.15) is 15.9 Å². The number of sulfonamides is 1. The normalized spacial score (nSPS) is 11.6. The van der Waals surface area contributed by atoms with Gasteiger partial charge in [-0.2, -0.15) is 0 Å². The number of nitrogens with zero attached hydrogens (tertiary/aromatic N) is 4. The molecule has 4 aromatic rings. The fourth-order valence-electron chi connectivity index (χ4n) is 3.08. The second kappa shape index (κ2) is 7.40. The molecule has 1 aromatic carbocycles. The van der Waals surface area contributed by atoms with E-state index in [1.165, 1.54) is 24.8 Å². The maximum absolute atomic E-state index is 13.4. The SMILES string of the molecule is Cn1cc(C(=O)c2cncc(NS(=O)(=O)c3cc(F)cc(F)c3)c2)c2c(N)ncnc21. The summed E-state index contributed by atoms with van der Waals surface area (Å²) in [7, 11) is -2.64. The summed E-state index contributed by atoms with van der Waals surface area (Å²) in [5.74, 6) is -2.46. The van der Waals surface area contributed by atoms with Crippen molar-refractivity contribution in [3.63, 3.8) is 0 Å². The summed E-state index contributed by atoms with van der Waals surface area (Å²) in [6, 6.07) is 3.15. The molecular weight excluding hydrogens is 430 g/mol. The molecule has 0 spiro atoms. The fraction of sp³-hybridized carbons (Fsp3) is 0.0526. The topological polar surface area (TPSA) is 133 Å². The summed E-state index contributed by atoms with van der Waals surface area (Å²) in [5.41, 5.74) is 6.56. The Labute approximate surface area is 174 Å². The van der Waals surface area contributed by atoms with Gasteiger partial charge in [0.1, 0.15) is 29.4 Å². The summed E-state index contributed by atoms with van der Waals surface area (Å²) in [6.45, 7) is 0. The smallest absolute Gasteiger partial charge is 0.262 e. The Bertz CT molecular complexity index is 1430. The number of nitrogen functional groups attached to an aromatic ring is 1. The van der Waals surface area contributed by atoms with Gasteiger partial charge >= 0.3 is 0 Å². The van der Waals surface area contributed by atoms with Crippen molar-refractivity contribution >= 4 is 38.3 Å². The minimum Gasteiger partial charge on any atom is -0.383 e. The molecule has 0 aliphatic heterocycles. The number of hydrogen-bond acceptors (Lipinski definition) is 7. The number of halogens is 2. The number of anilines is 2. The number of ketones is 1. The van der Waals surface area contributed by atoms with Crippen LogP contribution in [0.4, 0.5) is 20.3 Å². The highest BCUT2D eigenvalue weighted by molar-refractivity contribution is 7.92. The number of rotatable bonds is 5. The van der Waals surface area contributed by atoms with Crippen LogP contribution < -0.4 is 10.5 Å². The van der Waals surface area contributed by atoms with Crippen LogP contribution in [-0.2, 0) is 17.1 Å². The van der Waals surface area contributed by atoms with Gasteiger partial charge in [0.2, 0.25) is 0 Å². The van der Waals surface area contributed by atoms with Crippen molar-refractivity contribution in [2.45, 2.75) is 4.90 Å². The number of fused-ring (bicyclic) bond motifs is 1. The second-order valence-electron chi connectivity index (χ2n) is 6.61. The van der Waals surface area contributed by atoms with Gasteiger partial charge in [-0.25, -0.2) is 27.2 Å². The van der Waals surface area contributed by atoms with Crippen LogP contribution in [0.2, 0.25) is 0 Å². The molecular formula is C19H14F2N6O3S. The van der Waals surface area contributed by atoms with Gasteiger partial charge in [-0.15, -0.1) is 0 Å². The molecule has 0 radical (unpaired) electrons. The van der Waals surface area contributed by atoms with E-state index in [9.17, 15) is 22.0 Å². The number of aryl methyl sites for hydroxylation is 1. The first kappa shape index (κ1) is 20.3. The Morgan fingerprint density at radius 1 is 1.10 bits per heavy atom.